The highest BCUT2D eigenvalue weighted by Gasteiger charge is 2.18. The minimum atomic E-state index is 0.698. The number of rotatable bonds is 2. The monoisotopic (exact) mass is 216 g/mol. The molecule has 1 aliphatic rings. The van der Waals surface area contributed by atoms with Crippen LogP contribution in [0.25, 0.3) is 0 Å². The second-order valence-corrected chi connectivity index (χ2v) is 3.67. The Labute approximate surface area is 93.1 Å². The van der Waals surface area contributed by atoms with Gasteiger partial charge in [0.25, 0.3) is 0 Å². The van der Waals surface area contributed by atoms with Gasteiger partial charge in [-0.05, 0) is 6.07 Å². The van der Waals surface area contributed by atoms with Gasteiger partial charge in [0.1, 0.15) is 6.61 Å². The summed E-state index contributed by atoms with van der Waals surface area (Å²) in [5, 5.41) is 0. The smallest absolute Gasteiger partial charge is 0.160 e. The van der Waals surface area contributed by atoms with E-state index in [1.165, 1.54) is 0 Å². The van der Waals surface area contributed by atoms with E-state index >= 15 is 0 Å². The maximum Gasteiger partial charge on any atom is 0.160 e. The normalized spacial score (nSPS) is 14.4. The molecule has 2 aromatic rings. The molecular weight excluding hydrogens is 204 g/mol. The number of ether oxygens (including phenoxy) is 1. The number of aromatic nitrogens is 3. The minimum Gasteiger partial charge on any atom is -0.488 e. The Hall–Kier alpha value is -2.04. The van der Waals surface area contributed by atoms with Crippen LogP contribution in [0.5, 0.6) is 5.75 Å². The molecule has 82 valence electrons. The quantitative estimate of drug-likeness (QED) is 0.819. The first-order chi connectivity index (χ1) is 7.93. The summed E-state index contributed by atoms with van der Waals surface area (Å²) in [7, 11) is 0. The SMILES string of the molecule is c1cc2c(cn1)OCCN2Cc1c[nH]cn1. The lowest BCUT2D eigenvalue weighted by Gasteiger charge is -2.30. The zero-order valence-corrected chi connectivity index (χ0v) is 8.76. The number of pyridine rings is 1. The molecule has 1 aliphatic heterocycles. The number of fused-ring (bicyclic) bond motifs is 1. The number of anilines is 1. The third-order valence-corrected chi connectivity index (χ3v) is 2.63. The van der Waals surface area contributed by atoms with Gasteiger partial charge in [-0.2, -0.15) is 0 Å². The average Bonchev–Trinajstić information content (AvgIpc) is 2.82. The van der Waals surface area contributed by atoms with Crippen molar-refractivity contribution < 1.29 is 4.74 Å². The standard InChI is InChI=1S/C11H12N4O/c1-2-12-6-11-10(1)15(3-4-16-11)7-9-5-13-8-14-9/h1-2,5-6,8H,3-4,7H2,(H,13,14). The number of nitrogens with one attached hydrogen (secondary N) is 1. The molecule has 3 heterocycles. The molecule has 0 aromatic carbocycles. The number of aromatic amines is 1. The van der Waals surface area contributed by atoms with E-state index < -0.39 is 0 Å². The molecule has 0 unspecified atom stereocenters. The maximum atomic E-state index is 5.54. The maximum absolute atomic E-state index is 5.54. The van der Waals surface area contributed by atoms with Crippen molar-refractivity contribution in [1.82, 2.24) is 15.0 Å². The second-order valence-electron chi connectivity index (χ2n) is 3.67. The molecule has 3 rings (SSSR count). The van der Waals surface area contributed by atoms with E-state index in [9.17, 15) is 0 Å². The van der Waals surface area contributed by atoms with Crippen LogP contribution in [0, 0.1) is 0 Å². The first-order valence-corrected chi connectivity index (χ1v) is 5.23. The zero-order chi connectivity index (χ0) is 10.8. The lowest BCUT2D eigenvalue weighted by molar-refractivity contribution is 0.305. The molecule has 1 N–H and O–H groups in total. The number of H-pyrrole nitrogens is 1. The van der Waals surface area contributed by atoms with E-state index in [0.717, 1.165) is 30.2 Å². The predicted octanol–water partition coefficient (Wildman–Crippen LogP) is 1.20. The molecule has 5 nitrogen and oxygen atoms in total. The topological polar surface area (TPSA) is 54.0 Å². The van der Waals surface area contributed by atoms with Gasteiger partial charge in [0.05, 0.1) is 37.0 Å². The molecule has 5 heteroatoms. The summed E-state index contributed by atoms with van der Waals surface area (Å²) < 4.78 is 5.54. The van der Waals surface area contributed by atoms with Gasteiger partial charge in [-0.15, -0.1) is 0 Å². The molecule has 0 atom stereocenters. The Morgan fingerprint density at radius 3 is 3.38 bits per heavy atom. The molecule has 16 heavy (non-hydrogen) atoms. The molecule has 0 saturated heterocycles. The van der Waals surface area contributed by atoms with E-state index in [1.807, 2.05) is 12.3 Å². The van der Waals surface area contributed by atoms with E-state index in [-0.39, 0.29) is 0 Å². The molecule has 2 aromatic heterocycles. The third-order valence-electron chi connectivity index (χ3n) is 2.63. The highest BCUT2D eigenvalue weighted by atomic mass is 16.5. The summed E-state index contributed by atoms with van der Waals surface area (Å²) in [5.41, 5.74) is 2.12. The summed E-state index contributed by atoms with van der Waals surface area (Å²) in [6, 6.07) is 1.97. The molecule has 0 aliphatic carbocycles. The van der Waals surface area contributed by atoms with Crippen molar-refractivity contribution in [3.63, 3.8) is 0 Å². The van der Waals surface area contributed by atoms with Crippen LogP contribution in [0.3, 0.4) is 0 Å². The van der Waals surface area contributed by atoms with Gasteiger partial charge in [0.2, 0.25) is 0 Å². The minimum absolute atomic E-state index is 0.698. The van der Waals surface area contributed by atoms with Gasteiger partial charge in [0, 0.05) is 12.4 Å². The highest BCUT2D eigenvalue weighted by Crippen LogP contribution is 2.30. The lowest BCUT2D eigenvalue weighted by Crippen LogP contribution is -2.32. The fourth-order valence-corrected chi connectivity index (χ4v) is 1.87. The first kappa shape index (κ1) is 9.21. The molecule has 0 bridgehead atoms. The van der Waals surface area contributed by atoms with Crippen molar-refractivity contribution >= 4 is 5.69 Å². The Bertz CT molecular complexity index is 469. The number of imidazole rings is 1. The van der Waals surface area contributed by atoms with E-state index in [1.54, 1.807) is 18.7 Å². The van der Waals surface area contributed by atoms with Crippen LogP contribution in [-0.4, -0.2) is 28.1 Å². The van der Waals surface area contributed by atoms with E-state index in [4.69, 9.17) is 4.74 Å². The summed E-state index contributed by atoms with van der Waals surface area (Å²) in [4.78, 5) is 13.5. The van der Waals surface area contributed by atoms with Gasteiger partial charge < -0.3 is 14.6 Å². The van der Waals surface area contributed by atoms with Crippen molar-refractivity contribution in [2.24, 2.45) is 0 Å². The van der Waals surface area contributed by atoms with Crippen molar-refractivity contribution in [1.29, 1.82) is 0 Å². The van der Waals surface area contributed by atoms with Gasteiger partial charge in [-0.3, -0.25) is 4.98 Å². The fraction of sp³-hybridized carbons (Fsp3) is 0.273. The van der Waals surface area contributed by atoms with Crippen LogP contribution in [0.4, 0.5) is 5.69 Å². The van der Waals surface area contributed by atoms with Gasteiger partial charge >= 0.3 is 0 Å². The van der Waals surface area contributed by atoms with Crippen molar-refractivity contribution in [3.8, 4) is 5.75 Å². The summed E-state index contributed by atoms with van der Waals surface area (Å²) in [5.74, 6) is 0.851. The fourth-order valence-electron chi connectivity index (χ4n) is 1.87. The Morgan fingerprint density at radius 1 is 1.50 bits per heavy atom. The molecular formula is C11H12N4O. The lowest BCUT2D eigenvalue weighted by atomic mass is 10.2. The van der Waals surface area contributed by atoms with Crippen LogP contribution < -0.4 is 9.64 Å². The zero-order valence-electron chi connectivity index (χ0n) is 8.76. The summed E-state index contributed by atoms with van der Waals surface area (Å²) in [6.07, 6.45) is 7.15. The van der Waals surface area contributed by atoms with Crippen LogP contribution in [0.2, 0.25) is 0 Å². The molecule has 0 radical (unpaired) electrons. The Morgan fingerprint density at radius 2 is 2.50 bits per heavy atom. The second kappa shape index (κ2) is 3.84. The van der Waals surface area contributed by atoms with Crippen molar-refractivity contribution in [3.05, 3.63) is 36.7 Å². The van der Waals surface area contributed by atoms with Crippen LogP contribution in [0.15, 0.2) is 31.0 Å². The average molecular weight is 216 g/mol. The van der Waals surface area contributed by atoms with Gasteiger partial charge in [-0.25, -0.2) is 4.98 Å². The predicted molar refractivity (Wildman–Crippen MR) is 59.4 cm³/mol. The Kier molecular flexibility index (Phi) is 2.21. The number of nitrogens with zero attached hydrogens (tertiary/aromatic N) is 3. The molecule has 0 saturated carbocycles. The summed E-state index contributed by atoms with van der Waals surface area (Å²) in [6.45, 7) is 2.37. The first-order valence-electron chi connectivity index (χ1n) is 5.23. The number of hydrogen-bond acceptors (Lipinski definition) is 4. The molecule has 0 spiro atoms. The van der Waals surface area contributed by atoms with Gasteiger partial charge in [-0.1, -0.05) is 0 Å². The summed E-state index contributed by atoms with van der Waals surface area (Å²) >= 11 is 0. The molecule has 0 fully saturated rings. The highest BCUT2D eigenvalue weighted by molar-refractivity contribution is 5.58. The van der Waals surface area contributed by atoms with Crippen molar-refractivity contribution in [2.75, 3.05) is 18.1 Å². The van der Waals surface area contributed by atoms with Crippen LogP contribution in [0.1, 0.15) is 5.69 Å². The van der Waals surface area contributed by atoms with E-state index in [2.05, 4.69) is 19.9 Å². The van der Waals surface area contributed by atoms with Crippen LogP contribution >= 0.6 is 0 Å². The Balaban J connectivity index is 1.87. The molecule has 0 amide bonds. The number of hydrogen-bond donors (Lipinski definition) is 1. The third kappa shape index (κ3) is 1.60. The van der Waals surface area contributed by atoms with E-state index in [0.29, 0.717) is 6.61 Å². The van der Waals surface area contributed by atoms with Crippen molar-refractivity contribution in [2.45, 2.75) is 6.54 Å². The largest absolute Gasteiger partial charge is 0.488 e. The van der Waals surface area contributed by atoms with Gasteiger partial charge in [0.15, 0.2) is 5.75 Å². The van der Waals surface area contributed by atoms with Crippen LogP contribution in [-0.2, 0) is 6.54 Å².